The molecule has 1 fully saturated rings. The van der Waals surface area contributed by atoms with Gasteiger partial charge in [-0.2, -0.15) is 0 Å². The van der Waals surface area contributed by atoms with Gasteiger partial charge in [-0.3, -0.25) is 9.59 Å². The lowest BCUT2D eigenvalue weighted by molar-refractivity contribution is -0.149. The van der Waals surface area contributed by atoms with Crippen LogP contribution >= 0.6 is 0 Å². The number of benzene rings is 1. The molecule has 1 aromatic carbocycles. The molecule has 1 atom stereocenters. The molecule has 1 aromatic rings. The molecule has 0 aliphatic carbocycles. The molecule has 22 heavy (non-hydrogen) atoms. The lowest BCUT2D eigenvalue weighted by Crippen LogP contribution is -2.57. The molecule has 1 heterocycles. The number of likely N-dealkylation sites (tertiary alicyclic amines) is 1. The standard InChI is InChI=1S/C16H22N2O4/c17-15(20)16(21)8-4-9-18(12-16)14(19)7-10-22-11-13-5-2-1-3-6-13/h1-3,5-6,21H,4,7-12H2,(H2,17,20)/t16-/m1/s1. The lowest BCUT2D eigenvalue weighted by Gasteiger charge is -2.37. The van der Waals surface area contributed by atoms with Crippen LogP contribution in [-0.2, 0) is 20.9 Å². The average Bonchev–Trinajstić information content (AvgIpc) is 2.52. The number of hydrogen-bond donors (Lipinski definition) is 2. The molecule has 120 valence electrons. The Morgan fingerprint density at radius 2 is 2.05 bits per heavy atom. The minimum absolute atomic E-state index is 0.0279. The van der Waals surface area contributed by atoms with Gasteiger partial charge in [0.25, 0.3) is 5.91 Å². The van der Waals surface area contributed by atoms with Crippen molar-refractivity contribution in [2.24, 2.45) is 5.73 Å². The minimum Gasteiger partial charge on any atom is -0.378 e. The van der Waals surface area contributed by atoms with Gasteiger partial charge in [0.15, 0.2) is 5.60 Å². The Morgan fingerprint density at radius 1 is 1.32 bits per heavy atom. The first-order chi connectivity index (χ1) is 10.5. The maximum absolute atomic E-state index is 12.1. The summed E-state index contributed by atoms with van der Waals surface area (Å²) < 4.78 is 5.48. The monoisotopic (exact) mass is 306 g/mol. The van der Waals surface area contributed by atoms with E-state index in [1.807, 2.05) is 30.3 Å². The highest BCUT2D eigenvalue weighted by Crippen LogP contribution is 2.21. The molecule has 0 saturated carbocycles. The third-order valence-corrected chi connectivity index (χ3v) is 3.85. The van der Waals surface area contributed by atoms with Crippen LogP contribution in [0.5, 0.6) is 0 Å². The second-order valence-corrected chi connectivity index (χ2v) is 5.60. The molecule has 6 heteroatoms. The van der Waals surface area contributed by atoms with Crippen LogP contribution in [0.4, 0.5) is 0 Å². The molecular weight excluding hydrogens is 284 g/mol. The molecule has 0 aromatic heterocycles. The Balaban J connectivity index is 1.74. The van der Waals surface area contributed by atoms with Crippen LogP contribution in [0.1, 0.15) is 24.8 Å². The van der Waals surface area contributed by atoms with Crippen molar-refractivity contribution in [3.8, 4) is 0 Å². The van der Waals surface area contributed by atoms with Gasteiger partial charge in [-0.25, -0.2) is 0 Å². The summed E-state index contributed by atoms with van der Waals surface area (Å²) in [7, 11) is 0. The molecule has 2 amide bonds. The highest BCUT2D eigenvalue weighted by Gasteiger charge is 2.39. The van der Waals surface area contributed by atoms with Crippen molar-refractivity contribution in [2.75, 3.05) is 19.7 Å². The summed E-state index contributed by atoms with van der Waals surface area (Å²) in [5, 5.41) is 10.1. The van der Waals surface area contributed by atoms with Gasteiger partial charge in [-0.15, -0.1) is 0 Å². The van der Waals surface area contributed by atoms with Crippen LogP contribution in [0.25, 0.3) is 0 Å². The fraction of sp³-hybridized carbons (Fsp3) is 0.500. The highest BCUT2D eigenvalue weighted by molar-refractivity contribution is 5.85. The summed E-state index contributed by atoms with van der Waals surface area (Å²) in [6.45, 7) is 1.27. The molecular formula is C16H22N2O4. The Kier molecular flexibility index (Phi) is 5.51. The number of nitrogens with zero attached hydrogens (tertiary/aromatic N) is 1. The molecule has 1 saturated heterocycles. The molecule has 1 aliphatic rings. The maximum Gasteiger partial charge on any atom is 0.251 e. The molecule has 0 radical (unpaired) electrons. The predicted molar refractivity (Wildman–Crippen MR) is 80.7 cm³/mol. The quantitative estimate of drug-likeness (QED) is 0.746. The summed E-state index contributed by atoms with van der Waals surface area (Å²) in [6, 6.07) is 9.71. The SMILES string of the molecule is NC(=O)[C@@]1(O)CCCN(C(=O)CCOCc2ccccc2)C1. The highest BCUT2D eigenvalue weighted by atomic mass is 16.5. The Labute approximate surface area is 129 Å². The topological polar surface area (TPSA) is 92.9 Å². The van der Waals surface area contributed by atoms with E-state index >= 15 is 0 Å². The van der Waals surface area contributed by atoms with E-state index in [4.69, 9.17) is 10.5 Å². The zero-order valence-electron chi connectivity index (χ0n) is 12.5. The van der Waals surface area contributed by atoms with Crippen molar-refractivity contribution in [1.29, 1.82) is 0 Å². The van der Waals surface area contributed by atoms with Crippen molar-refractivity contribution >= 4 is 11.8 Å². The number of hydrogen-bond acceptors (Lipinski definition) is 4. The number of carbonyl (C=O) groups excluding carboxylic acids is 2. The van der Waals surface area contributed by atoms with Gasteiger partial charge in [0, 0.05) is 6.54 Å². The van der Waals surface area contributed by atoms with Crippen molar-refractivity contribution in [1.82, 2.24) is 4.90 Å². The van der Waals surface area contributed by atoms with E-state index in [-0.39, 0.29) is 18.9 Å². The zero-order chi connectivity index (χ0) is 16.0. The summed E-state index contributed by atoms with van der Waals surface area (Å²) in [5.74, 6) is -0.905. The third-order valence-electron chi connectivity index (χ3n) is 3.85. The van der Waals surface area contributed by atoms with Gasteiger partial charge in [-0.1, -0.05) is 30.3 Å². The van der Waals surface area contributed by atoms with Crippen LogP contribution in [0, 0.1) is 0 Å². The van der Waals surface area contributed by atoms with Crippen molar-refractivity contribution < 1.29 is 19.4 Å². The lowest BCUT2D eigenvalue weighted by atomic mass is 9.92. The molecule has 3 N–H and O–H groups in total. The van der Waals surface area contributed by atoms with E-state index in [9.17, 15) is 14.7 Å². The van der Waals surface area contributed by atoms with Crippen LogP contribution in [0.3, 0.4) is 0 Å². The summed E-state index contributed by atoms with van der Waals surface area (Å²) >= 11 is 0. The largest absolute Gasteiger partial charge is 0.378 e. The number of rotatable bonds is 6. The normalized spacial score (nSPS) is 21.6. The van der Waals surface area contributed by atoms with Crippen LogP contribution in [-0.4, -0.2) is 47.1 Å². The van der Waals surface area contributed by atoms with Crippen molar-refractivity contribution in [3.05, 3.63) is 35.9 Å². The Hall–Kier alpha value is -1.92. The number of ether oxygens (including phenoxy) is 1. The van der Waals surface area contributed by atoms with Crippen molar-refractivity contribution in [3.63, 3.8) is 0 Å². The number of piperidine rings is 1. The Bertz CT molecular complexity index is 520. The van der Waals surface area contributed by atoms with Crippen molar-refractivity contribution in [2.45, 2.75) is 31.5 Å². The van der Waals surface area contributed by atoms with Gasteiger partial charge in [-0.05, 0) is 18.4 Å². The number of primary amides is 1. The van der Waals surface area contributed by atoms with Crippen LogP contribution < -0.4 is 5.73 Å². The first-order valence-electron chi connectivity index (χ1n) is 7.43. The molecule has 1 aliphatic heterocycles. The maximum atomic E-state index is 12.1. The second kappa shape index (κ2) is 7.38. The van der Waals surface area contributed by atoms with E-state index in [0.717, 1.165) is 5.56 Å². The molecule has 2 rings (SSSR count). The zero-order valence-corrected chi connectivity index (χ0v) is 12.5. The van der Waals surface area contributed by atoms with E-state index < -0.39 is 11.5 Å². The third kappa shape index (κ3) is 4.29. The smallest absolute Gasteiger partial charge is 0.251 e. The summed E-state index contributed by atoms with van der Waals surface area (Å²) in [6.07, 6.45) is 1.09. The van der Waals surface area contributed by atoms with Gasteiger partial charge < -0.3 is 20.5 Å². The average molecular weight is 306 g/mol. The molecule has 0 bridgehead atoms. The van der Waals surface area contributed by atoms with E-state index in [1.54, 1.807) is 0 Å². The van der Waals surface area contributed by atoms with E-state index in [0.29, 0.717) is 32.6 Å². The number of nitrogens with two attached hydrogens (primary N) is 1. The summed E-state index contributed by atoms with van der Waals surface area (Å²) in [5.41, 5.74) is 4.65. The fourth-order valence-corrected chi connectivity index (χ4v) is 2.53. The summed E-state index contributed by atoms with van der Waals surface area (Å²) in [4.78, 5) is 24.9. The number of β-amino-alcohol motifs (C(OH)–C–C–N with tert-alkyl or cyclic N) is 1. The van der Waals surface area contributed by atoms with Gasteiger partial charge in [0.2, 0.25) is 5.91 Å². The second-order valence-electron chi connectivity index (χ2n) is 5.60. The molecule has 6 nitrogen and oxygen atoms in total. The molecule has 0 spiro atoms. The van der Waals surface area contributed by atoms with Gasteiger partial charge >= 0.3 is 0 Å². The number of aliphatic hydroxyl groups is 1. The van der Waals surface area contributed by atoms with E-state index in [2.05, 4.69) is 0 Å². The van der Waals surface area contributed by atoms with Gasteiger partial charge in [0.1, 0.15) is 0 Å². The molecule has 0 unspecified atom stereocenters. The predicted octanol–water partition coefficient (Wildman–Crippen LogP) is 0.432. The Morgan fingerprint density at radius 3 is 2.73 bits per heavy atom. The minimum atomic E-state index is -1.60. The fourth-order valence-electron chi connectivity index (χ4n) is 2.53. The first kappa shape index (κ1) is 16.5. The van der Waals surface area contributed by atoms with Gasteiger partial charge in [0.05, 0.1) is 26.2 Å². The van der Waals surface area contributed by atoms with E-state index in [1.165, 1.54) is 4.90 Å². The van der Waals surface area contributed by atoms with Crippen LogP contribution in [0.2, 0.25) is 0 Å². The number of amides is 2. The van der Waals surface area contributed by atoms with Crippen LogP contribution in [0.15, 0.2) is 30.3 Å². The first-order valence-corrected chi connectivity index (χ1v) is 7.43. The number of carbonyl (C=O) groups is 2.